The van der Waals surface area contributed by atoms with E-state index < -0.39 is 15.6 Å². The summed E-state index contributed by atoms with van der Waals surface area (Å²) in [5.74, 6) is 0.629. The molecule has 0 radical (unpaired) electrons. The van der Waals surface area contributed by atoms with E-state index in [-0.39, 0.29) is 0 Å². The van der Waals surface area contributed by atoms with Gasteiger partial charge in [-0.25, -0.2) is 13.1 Å². The van der Waals surface area contributed by atoms with Crippen LogP contribution in [0.1, 0.15) is 39.5 Å². The van der Waals surface area contributed by atoms with Gasteiger partial charge >= 0.3 is 0 Å². The van der Waals surface area contributed by atoms with Crippen molar-refractivity contribution in [3.05, 3.63) is 0 Å². The van der Waals surface area contributed by atoms with Gasteiger partial charge < -0.3 is 10.1 Å². The molecular weight excluding hydrogens is 276 g/mol. The Bertz CT molecular complexity index is 485. The van der Waals surface area contributed by atoms with Crippen LogP contribution >= 0.6 is 0 Å². The summed E-state index contributed by atoms with van der Waals surface area (Å²) in [5, 5.41) is 3.64. The number of ether oxygens (including phenoxy) is 1. The van der Waals surface area contributed by atoms with Crippen LogP contribution in [-0.2, 0) is 14.8 Å². The predicted molar refractivity (Wildman–Crippen MR) is 78.0 cm³/mol. The number of sulfonamides is 1. The van der Waals surface area contributed by atoms with Crippen molar-refractivity contribution in [1.29, 1.82) is 0 Å². The van der Waals surface area contributed by atoms with Gasteiger partial charge in [-0.3, -0.25) is 0 Å². The third-order valence-electron chi connectivity index (χ3n) is 5.26. The van der Waals surface area contributed by atoms with E-state index in [0.717, 1.165) is 13.0 Å². The number of hydrogen-bond acceptors (Lipinski definition) is 4. The van der Waals surface area contributed by atoms with Gasteiger partial charge in [0.1, 0.15) is 0 Å². The normalized spacial score (nSPS) is 35.5. The lowest BCUT2D eigenvalue weighted by atomic mass is 9.46. The molecular formula is C14H26N2O3S. The second kappa shape index (κ2) is 4.66. The molecule has 1 saturated heterocycles. The Morgan fingerprint density at radius 3 is 2.60 bits per heavy atom. The summed E-state index contributed by atoms with van der Waals surface area (Å²) in [7, 11) is -3.17. The fourth-order valence-corrected chi connectivity index (χ4v) is 5.54. The third kappa shape index (κ3) is 2.40. The summed E-state index contributed by atoms with van der Waals surface area (Å²) >= 11 is 0. The summed E-state index contributed by atoms with van der Waals surface area (Å²) in [6.07, 6.45) is 6.63. The van der Waals surface area contributed by atoms with Crippen LogP contribution in [0.15, 0.2) is 0 Å². The molecule has 3 fully saturated rings. The summed E-state index contributed by atoms with van der Waals surface area (Å²) in [6.45, 7) is 5.40. The molecule has 3 atom stereocenters. The molecule has 1 spiro atoms. The van der Waals surface area contributed by atoms with E-state index in [2.05, 4.69) is 10.0 Å². The molecule has 0 aromatic carbocycles. The lowest BCUT2D eigenvalue weighted by Crippen LogP contribution is -2.72. The maximum absolute atomic E-state index is 11.4. The molecule has 0 amide bonds. The molecule has 2 aliphatic carbocycles. The molecule has 2 N–H and O–H groups in total. The van der Waals surface area contributed by atoms with E-state index >= 15 is 0 Å². The maximum Gasteiger partial charge on any atom is 0.209 e. The molecule has 3 rings (SSSR count). The highest BCUT2D eigenvalue weighted by atomic mass is 32.2. The van der Waals surface area contributed by atoms with Crippen molar-refractivity contribution >= 4 is 10.0 Å². The molecule has 6 heteroatoms. The van der Waals surface area contributed by atoms with Gasteiger partial charge in [0.2, 0.25) is 10.0 Å². The summed E-state index contributed by atoms with van der Waals surface area (Å²) in [5.41, 5.74) is -0.106. The van der Waals surface area contributed by atoms with E-state index in [4.69, 9.17) is 4.74 Å². The third-order valence-corrected chi connectivity index (χ3v) is 6.19. The second-order valence-corrected chi connectivity index (χ2v) is 9.20. The van der Waals surface area contributed by atoms with Crippen LogP contribution in [0.5, 0.6) is 0 Å². The van der Waals surface area contributed by atoms with Gasteiger partial charge in [-0.15, -0.1) is 0 Å². The average Bonchev–Trinajstić information content (AvgIpc) is 2.57. The monoisotopic (exact) mass is 302 g/mol. The van der Waals surface area contributed by atoms with Gasteiger partial charge in [0.15, 0.2) is 0 Å². The minimum Gasteiger partial charge on any atom is -0.377 e. The SMILES string of the molecule is CC(C)(CN[C@@H]1[C@H]2CCO[C@H]2C12CCC2)NS(C)(=O)=O. The number of hydrogen-bond donors (Lipinski definition) is 2. The van der Waals surface area contributed by atoms with E-state index in [1.54, 1.807) is 0 Å². The molecule has 5 nitrogen and oxygen atoms in total. The fourth-order valence-electron chi connectivity index (χ4n) is 4.46. The quantitative estimate of drug-likeness (QED) is 0.790. The van der Waals surface area contributed by atoms with Crippen molar-refractivity contribution in [2.45, 2.75) is 57.2 Å². The molecule has 0 bridgehead atoms. The highest BCUT2D eigenvalue weighted by Crippen LogP contribution is 2.62. The zero-order valence-electron chi connectivity index (χ0n) is 12.6. The molecule has 116 valence electrons. The molecule has 0 aromatic heterocycles. The largest absolute Gasteiger partial charge is 0.377 e. The lowest BCUT2D eigenvalue weighted by Gasteiger charge is -2.63. The first kappa shape index (κ1) is 14.8. The van der Waals surface area contributed by atoms with Gasteiger partial charge in [0.25, 0.3) is 0 Å². The highest BCUT2D eigenvalue weighted by molar-refractivity contribution is 7.88. The Morgan fingerprint density at radius 1 is 1.35 bits per heavy atom. The van der Waals surface area contributed by atoms with E-state index in [9.17, 15) is 8.42 Å². The summed E-state index contributed by atoms with van der Waals surface area (Å²) in [6, 6.07) is 0.504. The fraction of sp³-hybridized carbons (Fsp3) is 1.00. The Balaban J connectivity index is 1.61. The van der Waals surface area contributed by atoms with E-state index in [1.165, 1.54) is 25.5 Å². The van der Waals surface area contributed by atoms with Crippen LogP contribution in [0.2, 0.25) is 0 Å². The molecule has 0 unspecified atom stereocenters. The molecule has 2 saturated carbocycles. The predicted octanol–water partition coefficient (Wildman–Crippen LogP) is 0.861. The van der Waals surface area contributed by atoms with E-state index in [1.807, 2.05) is 13.8 Å². The molecule has 0 aromatic rings. The summed E-state index contributed by atoms with van der Waals surface area (Å²) in [4.78, 5) is 0. The number of fused-ring (bicyclic) bond motifs is 2. The Hall–Kier alpha value is -0.170. The van der Waals surface area contributed by atoms with Gasteiger partial charge in [-0.2, -0.15) is 0 Å². The van der Waals surface area contributed by atoms with Crippen molar-refractivity contribution in [3.63, 3.8) is 0 Å². The van der Waals surface area contributed by atoms with Crippen molar-refractivity contribution in [3.8, 4) is 0 Å². The van der Waals surface area contributed by atoms with Crippen molar-refractivity contribution in [2.24, 2.45) is 11.3 Å². The smallest absolute Gasteiger partial charge is 0.209 e. The first-order valence-electron chi connectivity index (χ1n) is 7.58. The zero-order valence-corrected chi connectivity index (χ0v) is 13.4. The second-order valence-electron chi connectivity index (χ2n) is 7.45. The molecule has 20 heavy (non-hydrogen) atoms. The van der Waals surface area contributed by atoms with Crippen LogP contribution in [0.4, 0.5) is 0 Å². The van der Waals surface area contributed by atoms with Gasteiger partial charge in [-0.05, 0) is 33.1 Å². The van der Waals surface area contributed by atoms with Crippen LogP contribution in [0, 0.1) is 11.3 Å². The van der Waals surface area contributed by atoms with Crippen molar-refractivity contribution in [2.75, 3.05) is 19.4 Å². The maximum atomic E-state index is 11.4. The topological polar surface area (TPSA) is 67.4 Å². The number of nitrogens with one attached hydrogen (secondary N) is 2. The van der Waals surface area contributed by atoms with Crippen molar-refractivity contribution in [1.82, 2.24) is 10.0 Å². The summed E-state index contributed by atoms with van der Waals surface area (Å²) < 4.78 is 31.4. The minimum absolute atomic E-state index is 0.350. The Labute approximate surface area is 121 Å². The zero-order chi connectivity index (χ0) is 14.6. The average molecular weight is 302 g/mol. The molecule has 3 aliphatic rings. The minimum atomic E-state index is -3.17. The number of rotatable bonds is 5. The molecule has 1 aliphatic heterocycles. The molecule has 1 heterocycles. The van der Waals surface area contributed by atoms with E-state index in [0.29, 0.717) is 30.0 Å². The first-order valence-corrected chi connectivity index (χ1v) is 9.47. The Kier molecular flexibility index (Phi) is 3.44. The van der Waals surface area contributed by atoms with Crippen LogP contribution in [0.3, 0.4) is 0 Å². The Morgan fingerprint density at radius 2 is 2.05 bits per heavy atom. The highest BCUT2D eigenvalue weighted by Gasteiger charge is 2.66. The van der Waals surface area contributed by atoms with Gasteiger partial charge in [0, 0.05) is 36.1 Å². The lowest BCUT2D eigenvalue weighted by molar-refractivity contribution is -0.176. The van der Waals surface area contributed by atoms with Crippen LogP contribution in [-0.4, -0.2) is 45.5 Å². The van der Waals surface area contributed by atoms with Crippen LogP contribution in [0.25, 0.3) is 0 Å². The first-order chi connectivity index (χ1) is 9.24. The van der Waals surface area contributed by atoms with Gasteiger partial charge in [-0.1, -0.05) is 6.42 Å². The van der Waals surface area contributed by atoms with Crippen LogP contribution < -0.4 is 10.0 Å². The standard InChI is InChI=1S/C14H26N2O3S/c1-13(2,16-20(3,17)18)9-15-11-10-5-8-19-12(10)14(11)6-4-7-14/h10-12,15-16H,4-9H2,1-3H3/t10-,11-,12-/m1/s1. The van der Waals surface area contributed by atoms with Crippen molar-refractivity contribution < 1.29 is 13.2 Å². The van der Waals surface area contributed by atoms with Gasteiger partial charge in [0.05, 0.1) is 12.4 Å².